The van der Waals surface area contributed by atoms with Gasteiger partial charge in [-0.25, -0.2) is 0 Å². The van der Waals surface area contributed by atoms with Crippen molar-refractivity contribution in [3.8, 4) is 0 Å². The lowest BCUT2D eigenvalue weighted by Gasteiger charge is -2.26. The number of primary amides is 1. The van der Waals surface area contributed by atoms with Gasteiger partial charge >= 0.3 is 0 Å². The Morgan fingerprint density at radius 1 is 1.40 bits per heavy atom. The van der Waals surface area contributed by atoms with Crippen LogP contribution in [0.3, 0.4) is 0 Å². The maximum absolute atomic E-state index is 11.2. The molecule has 0 heterocycles. The van der Waals surface area contributed by atoms with Gasteiger partial charge < -0.3 is 16.8 Å². The molecule has 0 saturated heterocycles. The molecule has 4 heteroatoms. The highest BCUT2D eigenvalue weighted by atomic mass is 16.1. The van der Waals surface area contributed by atoms with Crippen LogP contribution in [0.4, 0.5) is 11.4 Å². The van der Waals surface area contributed by atoms with Gasteiger partial charge in [-0.3, -0.25) is 4.79 Å². The van der Waals surface area contributed by atoms with E-state index in [-0.39, 0.29) is 0 Å². The largest absolute Gasteiger partial charge is 0.398 e. The van der Waals surface area contributed by atoms with Crippen molar-refractivity contribution in [3.05, 3.63) is 23.8 Å². The second-order valence-electron chi connectivity index (χ2n) is 6.02. The Morgan fingerprint density at radius 3 is 2.90 bits per heavy atom. The van der Waals surface area contributed by atoms with Gasteiger partial charge in [0.25, 0.3) is 5.91 Å². The second-order valence-corrected chi connectivity index (χ2v) is 6.02. The van der Waals surface area contributed by atoms with E-state index in [4.69, 9.17) is 11.5 Å². The van der Waals surface area contributed by atoms with Gasteiger partial charge in [-0.2, -0.15) is 0 Å². The van der Waals surface area contributed by atoms with E-state index in [1.807, 2.05) is 6.07 Å². The zero-order valence-electron chi connectivity index (χ0n) is 12.2. The van der Waals surface area contributed by atoms with E-state index in [9.17, 15) is 4.79 Å². The first kappa shape index (κ1) is 14.7. The summed E-state index contributed by atoms with van der Waals surface area (Å²) in [7, 11) is 0. The molecule has 5 N–H and O–H groups in total. The van der Waals surface area contributed by atoms with Gasteiger partial charge in [0.15, 0.2) is 0 Å². The highest BCUT2D eigenvalue weighted by Gasteiger charge is 2.18. The van der Waals surface area contributed by atoms with Gasteiger partial charge in [0.05, 0.1) is 5.56 Å². The molecule has 1 fully saturated rings. The lowest BCUT2D eigenvalue weighted by atomic mass is 9.81. The number of nitrogen functional groups attached to an aromatic ring is 1. The van der Waals surface area contributed by atoms with Gasteiger partial charge in [0.1, 0.15) is 0 Å². The zero-order valence-corrected chi connectivity index (χ0v) is 12.2. The fraction of sp³-hybridized carbons (Fsp3) is 0.562. The normalized spacial score (nSPS) is 22.4. The molecular weight excluding hydrogens is 250 g/mol. The molecule has 2 rings (SSSR count). The fourth-order valence-corrected chi connectivity index (χ4v) is 3.12. The van der Waals surface area contributed by atoms with Crippen molar-refractivity contribution in [2.45, 2.75) is 39.0 Å². The van der Waals surface area contributed by atoms with Crippen LogP contribution in [-0.4, -0.2) is 12.5 Å². The van der Waals surface area contributed by atoms with Crippen molar-refractivity contribution in [2.24, 2.45) is 17.6 Å². The molecule has 1 aliphatic carbocycles. The number of nitrogens with two attached hydrogens (primary N) is 2. The zero-order chi connectivity index (χ0) is 14.5. The lowest BCUT2D eigenvalue weighted by molar-refractivity contribution is 0.100. The van der Waals surface area contributed by atoms with Gasteiger partial charge in [-0.15, -0.1) is 0 Å². The Balaban J connectivity index is 1.85. The van der Waals surface area contributed by atoms with Gasteiger partial charge in [-0.1, -0.05) is 26.2 Å². The summed E-state index contributed by atoms with van der Waals surface area (Å²) in [5, 5.41) is 3.37. The average molecular weight is 275 g/mol. The Hall–Kier alpha value is -1.71. The molecule has 1 aromatic carbocycles. The van der Waals surface area contributed by atoms with E-state index < -0.39 is 5.91 Å². The monoisotopic (exact) mass is 275 g/mol. The summed E-state index contributed by atoms with van der Waals surface area (Å²) in [4.78, 5) is 11.2. The summed E-state index contributed by atoms with van der Waals surface area (Å²) in [5.74, 6) is 1.22. The quantitative estimate of drug-likeness (QED) is 0.722. The van der Waals surface area contributed by atoms with Crippen LogP contribution >= 0.6 is 0 Å². The molecule has 1 saturated carbocycles. The molecule has 0 bridgehead atoms. The van der Waals surface area contributed by atoms with Crippen molar-refractivity contribution in [1.82, 2.24) is 0 Å². The minimum absolute atomic E-state index is 0.390. The molecule has 20 heavy (non-hydrogen) atoms. The van der Waals surface area contributed by atoms with Gasteiger partial charge in [0, 0.05) is 17.9 Å². The van der Waals surface area contributed by atoms with E-state index >= 15 is 0 Å². The van der Waals surface area contributed by atoms with Crippen LogP contribution in [-0.2, 0) is 0 Å². The molecule has 1 amide bonds. The Kier molecular flexibility index (Phi) is 4.88. The summed E-state index contributed by atoms with van der Waals surface area (Å²) >= 11 is 0. The van der Waals surface area contributed by atoms with Crippen molar-refractivity contribution < 1.29 is 4.79 Å². The standard InChI is InChI=1S/C16H25N3O/c1-11-3-2-4-12(9-11)7-8-19-13-5-6-15(17)14(10-13)16(18)20/h5-6,10-12,19H,2-4,7-9,17H2,1H3,(H2,18,20). The van der Waals surface area contributed by atoms with Crippen LogP contribution in [0, 0.1) is 11.8 Å². The lowest BCUT2D eigenvalue weighted by Crippen LogP contribution is -2.17. The minimum Gasteiger partial charge on any atom is -0.398 e. The minimum atomic E-state index is -0.479. The van der Waals surface area contributed by atoms with Crippen molar-refractivity contribution in [3.63, 3.8) is 0 Å². The second kappa shape index (κ2) is 6.64. The Morgan fingerprint density at radius 2 is 2.20 bits per heavy atom. The smallest absolute Gasteiger partial charge is 0.250 e. The van der Waals surface area contributed by atoms with Gasteiger partial charge in [0.2, 0.25) is 0 Å². The number of hydrogen-bond acceptors (Lipinski definition) is 3. The number of nitrogens with one attached hydrogen (secondary N) is 1. The number of hydrogen-bond donors (Lipinski definition) is 3. The summed E-state index contributed by atoms with van der Waals surface area (Å²) < 4.78 is 0. The van der Waals surface area contributed by atoms with Crippen molar-refractivity contribution in [2.75, 3.05) is 17.6 Å². The molecule has 0 aromatic heterocycles. The SMILES string of the molecule is CC1CCCC(CCNc2ccc(N)c(C(N)=O)c2)C1. The molecule has 2 atom stereocenters. The van der Waals surface area contributed by atoms with Crippen LogP contribution in [0.25, 0.3) is 0 Å². The maximum Gasteiger partial charge on any atom is 0.250 e. The first-order chi connectivity index (χ1) is 9.56. The first-order valence-electron chi connectivity index (χ1n) is 7.49. The third-order valence-electron chi connectivity index (χ3n) is 4.25. The molecule has 1 aliphatic rings. The summed E-state index contributed by atoms with van der Waals surface area (Å²) in [5.41, 5.74) is 12.8. The van der Waals surface area contributed by atoms with Crippen LogP contribution in [0.15, 0.2) is 18.2 Å². The Labute approximate surface area is 120 Å². The van der Waals surface area contributed by atoms with E-state index in [0.29, 0.717) is 11.3 Å². The van der Waals surface area contributed by atoms with E-state index in [1.54, 1.807) is 12.1 Å². The van der Waals surface area contributed by atoms with Crippen LogP contribution < -0.4 is 16.8 Å². The van der Waals surface area contributed by atoms with Crippen LogP contribution in [0.1, 0.15) is 49.4 Å². The summed E-state index contributed by atoms with van der Waals surface area (Å²) in [6, 6.07) is 5.36. The number of carbonyl (C=O) groups is 1. The molecule has 110 valence electrons. The highest BCUT2D eigenvalue weighted by molar-refractivity contribution is 5.98. The van der Waals surface area contributed by atoms with E-state index in [2.05, 4.69) is 12.2 Å². The number of rotatable bonds is 5. The summed E-state index contributed by atoms with van der Waals surface area (Å²) in [6.45, 7) is 3.28. The fourth-order valence-electron chi connectivity index (χ4n) is 3.12. The predicted molar refractivity (Wildman–Crippen MR) is 83.6 cm³/mol. The topological polar surface area (TPSA) is 81.1 Å². The van der Waals surface area contributed by atoms with Crippen LogP contribution in [0.5, 0.6) is 0 Å². The third kappa shape index (κ3) is 3.89. The highest BCUT2D eigenvalue weighted by Crippen LogP contribution is 2.30. The third-order valence-corrected chi connectivity index (χ3v) is 4.25. The first-order valence-corrected chi connectivity index (χ1v) is 7.49. The maximum atomic E-state index is 11.2. The Bertz CT molecular complexity index is 473. The molecule has 0 spiro atoms. The van der Waals surface area contributed by atoms with E-state index in [1.165, 1.54) is 32.1 Å². The molecule has 2 unspecified atom stereocenters. The molecule has 0 aliphatic heterocycles. The van der Waals surface area contributed by atoms with Gasteiger partial charge in [-0.05, 0) is 42.9 Å². The number of amides is 1. The average Bonchev–Trinajstić information content (AvgIpc) is 2.40. The molecule has 4 nitrogen and oxygen atoms in total. The molecule has 1 aromatic rings. The predicted octanol–water partition coefficient (Wildman–Crippen LogP) is 3.00. The number of anilines is 2. The van der Waals surface area contributed by atoms with E-state index in [0.717, 1.165) is 24.1 Å². The summed E-state index contributed by atoms with van der Waals surface area (Å²) in [6.07, 6.45) is 6.61. The van der Waals surface area contributed by atoms with Crippen molar-refractivity contribution >= 4 is 17.3 Å². The number of carbonyl (C=O) groups excluding carboxylic acids is 1. The molecular formula is C16H25N3O. The van der Waals surface area contributed by atoms with Crippen molar-refractivity contribution in [1.29, 1.82) is 0 Å². The molecule has 0 radical (unpaired) electrons. The number of benzene rings is 1. The van der Waals surface area contributed by atoms with Crippen LogP contribution in [0.2, 0.25) is 0 Å².